The lowest BCUT2D eigenvalue weighted by molar-refractivity contribution is -0.151. The summed E-state index contributed by atoms with van der Waals surface area (Å²) in [6, 6.07) is -1.07. The fraction of sp³-hybridized carbons (Fsp3) is 0.800. The van der Waals surface area contributed by atoms with Crippen molar-refractivity contribution in [2.45, 2.75) is 63.5 Å². The normalized spacial score (nSPS) is 28.8. The number of rotatable bonds is 9. The Morgan fingerprint density at radius 2 is 1.84 bits per heavy atom. The van der Waals surface area contributed by atoms with Crippen molar-refractivity contribution in [3.63, 3.8) is 0 Å². The van der Waals surface area contributed by atoms with Crippen molar-refractivity contribution in [2.75, 3.05) is 19.5 Å². The molecular formula is C20H32N2O9S. The van der Waals surface area contributed by atoms with Crippen LogP contribution in [0.25, 0.3) is 0 Å². The third kappa shape index (κ3) is 5.51. The summed E-state index contributed by atoms with van der Waals surface area (Å²) >= 11 is 0. The van der Waals surface area contributed by atoms with Crippen molar-refractivity contribution in [1.82, 2.24) is 10.6 Å². The van der Waals surface area contributed by atoms with Gasteiger partial charge in [0.2, 0.25) is 5.91 Å². The SMILES string of the molecule is COC(=O)[C@]1(NC(=O)[C@H](CC(C)C)NC(=O)OC(C)(C)C)CS(=O)(=O)[C@H]2[C@H](COC=O)[C@H]21. The first-order valence-electron chi connectivity index (χ1n) is 10.3. The molecule has 0 aromatic carbocycles. The van der Waals surface area contributed by atoms with Crippen LogP contribution in [0.3, 0.4) is 0 Å². The molecule has 2 amide bonds. The van der Waals surface area contributed by atoms with Crippen LogP contribution in [0.5, 0.6) is 0 Å². The first-order chi connectivity index (χ1) is 14.7. The highest BCUT2D eigenvalue weighted by Crippen LogP contribution is 2.58. The Morgan fingerprint density at radius 3 is 2.34 bits per heavy atom. The summed E-state index contributed by atoms with van der Waals surface area (Å²) in [7, 11) is -2.66. The van der Waals surface area contributed by atoms with E-state index in [4.69, 9.17) is 14.2 Å². The molecule has 1 heterocycles. The zero-order valence-electron chi connectivity index (χ0n) is 19.2. The predicted octanol–water partition coefficient (Wildman–Crippen LogP) is 0.170. The van der Waals surface area contributed by atoms with Gasteiger partial charge in [-0.1, -0.05) is 13.8 Å². The Labute approximate surface area is 187 Å². The second-order valence-electron chi connectivity index (χ2n) is 9.67. The number of hydrogen-bond acceptors (Lipinski definition) is 9. The number of carbonyl (C=O) groups is 4. The molecule has 11 nitrogen and oxygen atoms in total. The largest absolute Gasteiger partial charge is 0.468 e. The Balaban J connectivity index is 2.30. The molecule has 2 N–H and O–H groups in total. The van der Waals surface area contributed by atoms with Crippen LogP contribution in [0.4, 0.5) is 4.79 Å². The fourth-order valence-electron chi connectivity index (χ4n) is 4.34. The second-order valence-corrected chi connectivity index (χ2v) is 11.8. The maximum atomic E-state index is 13.2. The predicted molar refractivity (Wildman–Crippen MR) is 112 cm³/mol. The lowest BCUT2D eigenvalue weighted by Crippen LogP contribution is -2.63. The van der Waals surface area contributed by atoms with Crippen LogP contribution in [0.2, 0.25) is 0 Å². The van der Waals surface area contributed by atoms with Crippen LogP contribution in [-0.2, 0) is 38.4 Å². The molecule has 12 heteroatoms. The van der Waals surface area contributed by atoms with Gasteiger partial charge in [-0.05, 0) is 33.1 Å². The summed E-state index contributed by atoms with van der Waals surface area (Å²) in [5.41, 5.74) is -2.63. The first kappa shape index (κ1) is 25.9. The zero-order valence-corrected chi connectivity index (χ0v) is 20.0. The van der Waals surface area contributed by atoms with Gasteiger partial charge < -0.3 is 24.8 Å². The standard InChI is InChI=1S/C20H32N2O9S/c1-11(2)7-13(21-18(26)31-19(3,4)5)16(24)22-20(17(25)29-6)9-32(27,28)15-12(14(15)20)8-30-10-23/h10-15H,7-9H2,1-6H3,(H,21,26)(H,22,24)/t12-,13+,14-,15+,20+/m1/s1. The van der Waals surface area contributed by atoms with E-state index < -0.39 is 67.8 Å². The summed E-state index contributed by atoms with van der Waals surface area (Å²) in [6.45, 7) is 8.71. The third-order valence-electron chi connectivity index (χ3n) is 5.48. The molecule has 1 aliphatic carbocycles. The average Bonchev–Trinajstić information content (AvgIpc) is 3.32. The number of amides is 2. The van der Waals surface area contributed by atoms with Gasteiger partial charge in [0.1, 0.15) is 11.6 Å². The molecule has 1 saturated carbocycles. The van der Waals surface area contributed by atoms with E-state index in [1.807, 2.05) is 13.8 Å². The maximum Gasteiger partial charge on any atom is 0.408 e. The van der Waals surface area contributed by atoms with Gasteiger partial charge in [-0.2, -0.15) is 0 Å². The van der Waals surface area contributed by atoms with E-state index in [2.05, 4.69) is 10.6 Å². The summed E-state index contributed by atoms with van der Waals surface area (Å²) in [5, 5.41) is 4.14. The van der Waals surface area contributed by atoms with Crippen molar-refractivity contribution in [3.8, 4) is 0 Å². The van der Waals surface area contributed by atoms with Gasteiger partial charge >= 0.3 is 12.1 Å². The third-order valence-corrected chi connectivity index (χ3v) is 7.81. The molecule has 0 aromatic heterocycles. The van der Waals surface area contributed by atoms with E-state index in [1.54, 1.807) is 20.8 Å². The van der Waals surface area contributed by atoms with Crippen LogP contribution >= 0.6 is 0 Å². The molecule has 2 rings (SSSR count). The minimum absolute atomic E-state index is 0.00973. The number of methoxy groups -OCH3 is 1. The zero-order chi connectivity index (χ0) is 24.5. The minimum atomic E-state index is -3.76. The molecule has 5 atom stereocenters. The van der Waals surface area contributed by atoms with Gasteiger partial charge in [0, 0.05) is 11.8 Å². The molecule has 2 fully saturated rings. The van der Waals surface area contributed by atoms with Crippen LogP contribution in [0.15, 0.2) is 0 Å². The van der Waals surface area contributed by atoms with E-state index in [1.165, 1.54) is 0 Å². The van der Waals surface area contributed by atoms with E-state index in [9.17, 15) is 27.6 Å². The van der Waals surface area contributed by atoms with Gasteiger partial charge in [0.15, 0.2) is 15.4 Å². The summed E-state index contributed by atoms with van der Waals surface area (Å²) in [5.74, 6) is -3.72. The molecule has 0 spiro atoms. The van der Waals surface area contributed by atoms with Gasteiger partial charge in [-0.3, -0.25) is 9.59 Å². The van der Waals surface area contributed by atoms with Crippen molar-refractivity contribution >= 4 is 34.3 Å². The van der Waals surface area contributed by atoms with Gasteiger partial charge in [-0.15, -0.1) is 0 Å². The van der Waals surface area contributed by atoms with E-state index in [0.29, 0.717) is 0 Å². The van der Waals surface area contributed by atoms with Crippen LogP contribution < -0.4 is 10.6 Å². The van der Waals surface area contributed by atoms with Gasteiger partial charge in [0.25, 0.3) is 6.47 Å². The number of esters is 1. The summed E-state index contributed by atoms with van der Waals surface area (Å²) in [6.07, 6.45) is -0.591. The molecule has 0 unspecified atom stereocenters. The van der Waals surface area contributed by atoms with Gasteiger partial charge in [0.05, 0.1) is 24.7 Å². The highest BCUT2D eigenvalue weighted by molar-refractivity contribution is 7.92. The molecular weight excluding hydrogens is 444 g/mol. The molecule has 0 bridgehead atoms. The number of ether oxygens (including phenoxy) is 3. The molecule has 0 aromatic rings. The number of hydrogen-bond donors (Lipinski definition) is 2. The van der Waals surface area contributed by atoms with Crippen LogP contribution in [0.1, 0.15) is 41.0 Å². The molecule has 0 radical (unpaired) electrons. The second kappa shape index (κ2) is 9.24. The Kier molecular flexibility index (Phi) is 7.48. The highest BCUT2D eigenvalue weighted by atomic mass is 32.2. The molecule has 182 valence electrons. The van der Waals surface area contributed by atoms with E-state index in [-0.39, 0.29) is 25.4 Å². The monoisotopic (exact) mass is 476 g/mol. The van der Waals surface area contributed by atoms with Crippen LogP contribution in [0, 0.1) is 17.8 Å². The van der Waals surface area contributed by atoms with Crippen molar-refractivity contribution < 1.29 is 41.8 Å². The molecule has 1 saturated heterocycles. The minimum Gasteiger partial charge on any atom is -0.468 e. The summed E-state index contributed by atoms with van der Waals surface area (Å²) in [4.78, 5) is 48.7. The lowest BCUT2D eigenvalue weighted by Gasteiger charge is -2.32. The summed E-state index contributed by atoms with van der Waals surface area (Å²) < 4.78 is 40.2. The number of fused-ring (bicyclic) bond motifs is 1. The molecule has 1 aliphatic heterocycles. The number of carbonyl (C=O) groups excluding carboxylic acids is 4. The quantitative estimate of drug-likeness (QED) is 0.269. The number of alkyl carbamates (subject to hydrolysis) is 1. The fourth-order valence-corrected chi connectivity index (χ4v) is 7.12. The maximum absolute atomic E-state index is 13.2. The van der Waals surface area contributed by atoms with Gasteiger partial charge in [-0.25, -0.2) is 18.0 Å². The van der Waals surface area contributed by atoms with Crippen molar-refractivity contribution in [2.24, 2.45) is 17.8 Å². The molecule has 32 heavy (non-hydrogen) atoms. The van der Waals surface area contributed by atoms with E-state index >= 15 is 0 Å². The number of sulfone groups is 1. The highest BCUT2D eigenvalue weighted by Gasteiger charge is 2.77. The van der Waals surface area contributed by atoms with Crippen LogP contribution in [-0.4, -0.2) is 74.8 Å². The lowest BCUT2D eigenvalue weighted by atomic mass is 9.92. The topological polar surface area (TPSA) is 154 Å². The van der Waals surface area contributed by atoms with Crippen molar-refractivity contribution in [3.05, 3.63) is 0 Å². The van der Waals surface area contributed by atoms with Crippen molar-refractivity contribution in [1.29, 1.82) is 0 Å². The van der Waals surface area contributed by atoms with E-state index in [0.717, 1.165) is 7.11 Å². The Morgan fingerprint density at radius 1 is 1.22 bits per heavy atom. The number of nitrogens with one attached hydrogen (secondary N) is 2. The average molecular weight is 477 g/mol. The molecule has 2 aliphatic rings. The first-order valence-corrected chi connectivity index (χ1v) is 12.1. The Hall–Kier alpha value is -2.37. The Bertz CT molecular complexity index is 865. The smallest absolute Gasteiger partial charge is 0.408 e.